The fourth-order valence-electron chi connectivity index (χ4n) is 2.30. The number of hydrogen-bond acceptors (Lipinski definition) is 5. The van der Waals surface area contributed by atoms with Crippen molar-refractivity contribution in [3.63, 3.8) is 0 Å². The average molecular weight is 326 g/mol. The first kappa shape index (κ1) is 17.5. The van der Waals surface area contributed by atoms with Crippen LogP contribution in [-0.4, -0.2) is 31.3 Å². The molecular formula is C18H22N4S. The molecule has 0 saturated carbocycles. The summed E-state index contributed by atoms with van der Waals surface area (Å²) in [5, 5.41) is 9.07. The lowest BCUT2D eigenvalue weighted by atomic mass is 10.0. The van der Waals surface area contributed by atoms with Crippen LogP contribution in [0.2, 0.25) is 0 Å². The highest BCUT2D eigenvalue weighted by molar-refractivity contribution is 7.78. The molecule has 120 valence electrons. The average Bonchev–Trinajstić information content (AvgIpc) is 2.61. The molecule has 0 fully saturated rings. The van der Waals surface area contributed by atoms with Gasteiger partial charge in [0, 0.05) is 26.2 Å². The van der Waals surface area contributed by atoms with Crippen molar-refractivity contribution >= 4 is 17.4 Å². The lowest BCUT2D eigenvalue weighted by Crippen LogP contribution is -2.32. The topological polar surface area (TPSA) is 62.4 Å². The van der Waals surface area contributed by atoms with Crippen molar-refractivity contribution in [2.24, 2.45) is 10.7 Å². The Morgan fingerprint density at radius 3 is 2.30 bits per heavy atom. The summed E-state index contributed by atoms with van der Waals surface area (Å²) >= 11 is 4.76. The van der Waals surface area contributed by atoms with Crippen LogP contribution in [0.5, 0.6) is 0 Å². The Bertz CT molecular complexity index is 621. The van der Waals surface area contributed by atoms with Crippen LogP contribution >= 0.6 is 12.2 Å². The molecule has 2 aromatic rings. The Morgan fingerprint density at radius 1 is 0.957 bits per heavy atom. The van der Waals surface area contributed by atoms with Gasteiger partial charge in [0.05, 0.1) is 5.16 Å². The Hall–Kier alpha value is -1.88. The standard InChI is InChI=1S/C18H22N4S/c19-10-11-20-12-13-21-18(22-14-23)17-8-6-16(7-9-17)15-4-2-1-3-5-15/h1-9,18,20-21H,10-13,19H2. The van der Waals surface area contributed by atoms with E-state index in [1.165, 1.54) is 11.1 Å². The molecule has 23 heavy (non-hydrogen) atoms. The zero-order valence-electron chi connectivity index (χ0n) is 13.0. The molecule has 0 bridgehead atoms. The smallest absolute Gasteiger partial charge is 0.136 e. The molecule has 2 aromatic carbocycles. The van der Waals surface area contributed by atoms with Crippen LogP contribution in [-0.2, 0) is 0 Å². The van der Waals surface area contributed by atoms with E-state index in [2.05, 4.69) is 57.2 Å². The maximum atomic E-state index is 5.45. The minimum atomic E-state index is -0.169. The summed E-state index contributed by atoms with van der Waals surface area (Å²) in [6.07, 6.45) is -0.169. The predicted molar refractivity (Wildman–Crippen MR) is 99.6 cm³/mol. The van der Waals surface area contributed by atoms with E-state index >= 15 is 0 Å². The van der Waals surface area contributed by atoms with E-state index in [1.54, 1.807) is 0 Å². The van der Waals surface area contributed by atoms with E-state index in [4.69, 9.17) is 18.0 Å². The molecule has 2 rings (SSSR count). The van der Waals surface area contributed by atoms with Gasteiger partial charge in [0.2, 0.25) is 0 Å². The van der Waals surface area contributed by atoms with Gasteiger partial charge in [-0.3, -0.25) is 5.32 Å². The van der Waals surface area contributed by atoms with E-state index < -0.39 is 0 Å². The second-order valence-electron chi connectivity index (χ2n) is 5.10. The molecule has 4 nitrogen and oxygen atoms in total. The molecule has 0 radical (unpaired) electrons. The Kier molecular flexibility index (Phi) is 7.60. The number of aliphatic imine (C=N–C) groups is 1. The molecule has 0 heterocycles. The van der Waals surface area contributed by atoms with Gasteiger partial charge in [0.1, 0.15) is 6.17 Å². The molecule has 0 aliphatic rings. The van der Waals surface area contributed by atoms with Crippen LogP contribution in [0.1, 0.15) is 11.7 Å². The van der Waals surface area contributed by atoms with Crippen LogP contribution in [0.4, 0.5) is 0 Å². The van der Waals surface area contributed by atoms with Crippen molar-refractivity contribution in [3.8, 4) is 11.1 Å². The SMILES string of the molecule is NCCNCCNC(N=C=S)c1ccc(-c2ccccc2)cc1. The fraction of sp³-hybridized carbons (Fsp3) is 0.278. The van der Waals surface area contributed by atoms with E-state index in [9.17, 15) is 0 Å². The fourth-order valence-corrected chi connectivity index (χ4v) is 2.41. The lowest BCUT2D eigenvalue weighted by molar-refractivity contribution is 0.536. The molecular weight excluding hydrogens is 304 g/mol. The third-order valence-electron chi connectivity index (χ3n) is 3.48. The summed E-state index contributed by atoms with van der Waals surface area (Å²) in [4.78, 5) is 4.22. The number of nitrogens with one attached hydrogen (secondary N) is 2. The number of isothiocyanates is 1. The van der Waals surface area contributed by atoms with Crippen molar-refractivity contribution in [2.75, 3.05) is 26.2 Å². The lowest BCUT2D eigenvalue weighted by Gasteiger charge is -2.14. The number of benzene rings is 2. The number of rotatable bonds is 9. The quantitative estimate of drug-likeness (QED) is 0.376. The Labute approximate surface area is 142 Å². The summed E-state index contributed by atoms with van der Waals surface area (Å²) in [6.45, 7) is 3.07. The van der Waals surface area contributed by atoms with Gasteiger partial charge >= 0.3 is 0 Å². The summed E-state index contributed by atoms with van der Waals surface area (Å²) in [5.74, 6) is 0. The molecule has 1 unspecified atom stereocenters. The van der Waals surface area contributed by atoms with Crippen LogP contribution in [0.25, 0.3) is 11.1 Å². The van der Waals surface area contributed by atoms with E-state index in [-0.39, 0.29) is 6.17 Å². The van der Waals surface area contributed by atoms with Gasteiger partial charge < -0.3 is 11.1 Å². The number of thiocarbonyl (C=S) groups is 1. The highest BCUT2D eigenvalue weighted by Crippen LogP contribution is 2.22. The number of hydrogen-bond donors (Lipinski definition) is 3. The van der Waals surface area contributed by atoms with Gasteiger partial charge in [-0.2, -0.15) is 0 Å². The molecule has 5 heteroatoms. The first-order valence-corrected chi connectivity index (χ1v) is 8.12. The van der Waals surface area contributed by atoms with Crippen molar-refractivity contribution in [2.45, 2.75) is 6.17 Å². The Balaban J connectivity index is 2.00. The van der Waals surface area contributed by atoms with E-state index in [1.807, 2.05) is 18.2 Å². The van der Waals surface area contributed by atoms with E-state index in [0.717, 1.165) is 25.2 Å². The predicted octanol–water partition coefficient (Wildman–Crippen LogP) is 2.59. The molecule has 0 amide bonds. The molecule has 0 saturated heterocycles. The second kappa shape index (κ2) is 10.0. The van der Waals surface area contributed by atoms with Gasteiger partial charge in [-0.15, -0.1) is 0 Å². The van der Waals surface area contributed by atoms with E-state index in [0.29, 0.717) is 6.54 Å². The maximum absolute atomic E-state index is 5.45. The third-order valence-corrected chi connectivity index (χ3v) is 3.58. The highest BCUT2D eigenvalue weighted by Gasteiger charge is 2.08. The summed E-state index contributed by atoms with van der Waals surface area (Å²) in [7, 11) is 0. The molecule has 4 N–H and O–H groups in total. The highest BCUT2D eigenvalue weighted by atomic mass is 32.1. The first-order valence-electron chi connectivity index (χ1n) is 7.71. The zero-order valence-corrected chi connectivity index (χ0v) is 13.9. The van der Waals surface area contributed by atoms with Crippen molar-refractivity contribution in [1.82, 2.24) is 10.6 Å². The summed E-state index contributed by atoms with van der Waals surface area (Å²) < 4.78 is 0. The van der Waals surface area contributed by atoms with Gasteiger partial charge in [-0.25, -0.2) is 4.99 Å². The van der Waals surface area contributed by atoms with Gasteiger partial charge in [0.25, 0.3) is 0 Å². The summed E-state index contributed by atoms with van der Waals surface area (Å²) in [5.41, 5.74) is 8.90. The number of nitrogens with two attached hydrogens (primary N) is 1. The Morgan fingerprint density at radius 2 is 1.65 bits per heavy atom. The van der Waals surface area contributed by atoms with Crippen molar-refractivity contribution < 1.29 is 0 Å². The van der Waals surface area contributed by atoms with Gasteiger partial charge in [-0.1, -0.05) is 54.6 Å². The second-order valence-corrected chi connectivity index (χ2v) is 5.29. The van der Waals surface area contributed by atoms with Crippen LogP contribution in [0.3, 0.4) is 0 Å². The van der Waals surface area contributed by atoms with Crippen LogP contribution in [0, 0.1) is 0 Å². The van der Waals surface area contributed by atoms with Crippen molar-refractivity contribution in [1.29, 1.82) is 0 Å². The largest absolute Gasteiger partial charge is 0.329 e. The minimum absolute atomic E-state index is 0.169. The monoisotopic (exact) mass is 326 g/mol. The van der Waals surface area contributed by atoms with Gasteiger partial charge in [-0.05, 0) is 28.9 Å². The van der Waals surface area contributed by atoms with Crippen LogP contribution in [0.15, 0.2) is 59.6 Å². The molecule has 0 spiro atoms. The van der Waals surface area contributed by atoms with Crippen molar-refractivity contribution in [3.05, 3.63) is 60.2 Å². The normalized spacial score (nSPS) is 11.7. The van der Waals surface area contributed by atoms with Crippen LogP contribution < -0.4 is 16.4 Å². The first-order chi connectivity index (χ1) is 11.3. The minimum Gasteiger partial charge on any atom is -0.329 e. The molecule has 1 atom stereocenters. The maximum Gasteiger partial charge on any atom is 0.136 e. The van der Waals surface area contributed by atoms with Gasteiger partial charge in [0.15, 0.2) is 0 Å². The zero-order chi connectivity index (χ0) is 16.3. The number of nitrogens with zero attached hydrogens (tertiary/aromatic N) is 1. The summed E-state index contributed by atoms with van der Waals surface area (Å²) in [6, 6.07) is 18.6. The molecule has 0 aliphatic heterocycles. The third kappa shape index (κ3) is 5.67. The molecule has 0 aliphatic carbocycles. The molecule has 0 aromatic heterocycles.